The predicted octanol–water partition coefficient (Wildman–Crippen LogP) is 4.43. The van der Waals surface area contributed by atoms with Crippen molar-refractivity contribution in [3.05, 3.63) is 65.2 Å². The van der Waals surface area contributed by atoms with Gasteiger partial charge < -0.3 is 9.84 Å². The minimum Gasteiger partial charge on any atom is -0.493 e. The van der Waals surface area contributed by atoms with E-state index in [2.05, 4.69) is 12.1 Å². The number of aliphatic hydroxyl groups is 1. The van der Waals surface area contributed by atoms with Gasteiger partial charge in [0.25, 0.3) is 0 Å². The van der Waals surface area contributed by atoms with E-state index in [1.165, 1.54) is 24.8 Å². The van der Waals surface area contributed by atoms with Crippen molar-refractivity contribution in [2.24, 2.45) is 0 Å². The van der Waals surface area contributed by atoms with Gasteiger partial charge in [0.05, 0.1) is 6.61 Å². The van der Waals surface area contributed by atoms with E-state index in [1.54, 1.807) is 0 Å². The van der Waals surface area contributed by atoms with E-state index >= 15 is 0 Å². The summed E-state index contributed by atoms with van der Waals surface area (Å²) < 4.78 is 5.61. The lowest BCUT2D eigenvalue weighted by atomic mass is 9.80. The van der Waals surface area contributed by atoms with Crippen molar-refractivity contribution >= 4 is 0 Å². The van der Waals surface area contributed by atoms with Gasteiger partial charge in [-0.05, 0) is 42.9 Å². The van der Waals surface area contributed by atoms with E-state index in [-0.39, 0.29) is 0 Å². The first kappa shape index (κ1) is 14.2. The Labute approximate surface area is 126 Å². The lowest BCUT2D eigenvalue weighted by Gasteiger charge is -2.26. The number of aliphatic hydroxyl groups excluding tert-OH is 1. The van der Waals surface area contributed by atoms with Crippen LogP contribution in [0.4, 0.5) is 0 Å². The van der Waals surface area contributed by atoms with Crippen molar-refractivity contribution in [2.75, 3.05) is 6.61 Å². The summed E-state index contributed by atoms with van der Waals surface area (Å²) in [6.07, 6.45) is 3.31. The Morgan fingerprint density at radius 2 is 1.81 bits per heavy atom. The fraction of sp³-hybridized carbons (Fsp3) is 0.368. The molecule has 2 aromatic rings. The van der Waals surface area contributed by atoms with Crippen LogP contribution in [0.5, 0.6) is 5.75 Å². The summed E-state index contributed by atoms with van der Waals surface area (Å²) >= 11 is 0. The number of hydrogen-bond acceptors (Lipinski definition) is 2. The zero-order valence-corrected chi connectivity index (χ0v) is 12.5. The van der Waals surface area contributed by atoms with Gasteiger partial charge in [0.1, 0.15) is 11.9 Å². The minimum atomic E-state index is -0.636. The van der Waals surface area contributed by atoms with Crippen molar-refractivity contribution in [3.8, 4) is 5.75 Å². The van der Waals surface area contributed by atoms with Crippen LogP contribution in [0.25, 0.3) is 0 Å². The van der Waals surface area contributed by atoms with Crippen molar-refractivity contribution in [3.63, 3.8) is 0 Å². The average Bonchev–Trinajstić information content (AvgIpc) is 2.47. The van der Waals surface area contributed by atoms with Gasteiger partial charge >= 0.3 is 0 Å². The monoisotopic (exact) mass is 282 g/mol. The molecule has 0 radical (unpaired) electrons. The van der Waals surface area contributed by atoms with Gasteiger partial charge in [-0.3, -0.25) is 0 Å². The second-order valence-corrected chi connectivity index (χ2v) is 5.67. The Balaban J connectivity index is 1.82. The van der Waals surface area contributed by atoms with E-state index in [9.17, 15) is 5.11 Å². The summed E-state index contributed by atoms with van der Waals surface area (Å²) in [5.74, 6) is 1.49. The third-order valence-electron chi connectivity index (χ3n) is 4.34. The Morgan fingerprint density at radius 3 is 2.43 bits per heavy atom. The van der Waals surface area contributed by atoms with E-state index in [4.69, 9.17) is 4.74 Å². The van der Waals surface area contributed by atoms with Crippen molar-refractivity contribution in [1.82, 2.24) is 0 Å². The molecule has 21 heavy (non-hydrogen) atoms. The molecule has 1 atom stereocenters. The fourth-order valence-electron chi connectivity index (χ4n) is 2.86. The van der Waals surface area contributed by atoms with Crippen molar-refractivity contribution in [2.45, 2.75) is 38.2 Å². The molecule has 2 heteroatoms. The molecule has 1 N–H and O–H groups in total. The van der Waals surface area contributed by atoms with Gasteiger partial charge in [-0.1, -0.05) is 48.9 Å². The molecule has 1 unspecified atom stereocenters. The van der Waals surface area contributed by atoms with Crippen molar-refractivity contribution in [1.29, 1.82) is 0 Å². The SMILES string of the molecule is CCOc1ccccc1C(O)c1ccc(C2CCC2)cc1. The van der Waals surface area contributed by atoms with Gasteiger partial charge in [0.15, 0.2) is 0 Å². The van der Waals surface area contributed by atoms with E-state index in [0.717, 1.165) is 22.8 Å². The first-order valence-electron chi connectivity index (χ1n) is 7.79. The second-order valence-electron chi connectivity index (χ2n) is 5.67. The maximum absolute atomic E-state index is 10.6. The Kier molecular flexibility index (Phi) is 4.26. The van der Waals surface area contributed by atoms with Gasteiger partial charge in [0.2, 0.25) is 0 Å². The lowest BCUT2D eigenvalue weighted by Crippen LogP contribution is -2.09. The number of para-hydroxylation sites is 1. The largest absolute Gasteiger partial charge is 0.493 e. The molecule has 1 saturated carbocycles. The quantitative estimate of drug-likeness (QED) is 0.878. The van der Waals surface area contributed by atoms with Crippen LogP contribution in [0.3, 0.4) is 0 Å². The van der Waals surface area contributed by atoms with Crippen LogP contribution in [-0.4, -0.2) is 11.7 Å². The zero-order chi connectivity index (χ0) is 14.7. The number of rotatable bonds is 5. The molecule has 0 aromatic heterocycles. The topological polar surface area (TPSA) is 29.5 Å². The minimum absolute atomic E-state index is 0.602. The standard InChI is InChI=1S/C19H22O2/c1-2-21-18-9-4-3-8-17(18)19(20)16-12-10-15(11-13-16)14-6-5-7-14/h3-4,8-14,19-20H,2,5-7H2,1H3. The normalized spacial score (nSPS) is 16.3. The summed E-state index contributed by atoms with van der Waals surface area (Å²) in [6, 6.07) is 16.1. The molecule has 110 valence electrons. The fourth-order valence-corrected chi connectivity index (χ4v) is 2.86. The molecule has 0 bridgehead atoms. The molecule has 0 aliphatic heterocycles. The van der Waals surface area contributed by atoms with Crippen LogP contribution in [-0.2, 0) is 0 Å². The van der Waals surface area contributed by atoms with Crippen molar-refractivity contribution < 1.29 is 9.84 Å². The maximum Gasteiger partial charge on any atom is 0.125 e. The molecule has 3 rings (SSSR count). The van der Waals surface area contributed by atoms with Gasteiger partial charge in [-0.2, -0.15) is 0 Å². The highest BCUT2D eigenvalue weighted by Gasteiger charge is 2.20. The van der Waals surface area contributed by atoms with Gasteiger partial charge in [-0.15, -0.1) is 0 Å². The summed E-state index contributed by atoms with van der Waals surface area (Å²) in [4.78, 5) is 0. The third-order valence-corrected chi connectivity index (χ3v) is 4.34. The van der Waals surface area contributed by atoms with Crippen LogP contribution in [0.1, 0.15) is 54.9 Å². The molecule has 0 saturated heterocycles. The first-order chi connectivity index (χ1) is 10.3. The molecule has 1 fully saturated rings. The predicted molar refractivity (Wildman–Crippen MR) is 84.7 cm³/mol. The molecule has 0 amide bonds. The summed E-state index contributed by atoms with van der Waals surface area (Å²) in [5, 5.41) is 10.6. The van der Waals surface area contributed by atoms with E-state index in [1.807, 2.05) is 43.3 Å². The molecule has 1 aliphatic carbocycles. The first-order valence-corrected chi connectivity index (χ1v) is 7.79. The lowest BCUT2D eigenvalue weighted by molar-refractivity contribution is 0.212. The van der Waals surface area contributed by atoms with Crippen LogP contribution in [0, 0.1) is 0 Å². The highest BCUT2D eigenvalue weighted by Crippen LogP contribution is 2.37. The molecule has 2 aromatic carbocycles. The van der Waals surface area contributed by atoms with Crippen LogP contribution < -0.4 is 4.74 Å². The Morgan fingerprint density at radius 1 is 1.10 bits per heavy atom. The highest BCUT2D eigenvalue weighted by molar-refractivity contribution is 5.41. The molecule has 2 nitrogen and oxygen atoms in total. The molecular formula is C19H22O2. The van der Waals surface area contributed by atoms with Gasteiger partial charge in [0, 0.05) is 5.56 Å². The third kappa shape index (κ3) is 2.96. The average molecular weight is 282 g/mol. The van der Waals surface area contributed by atoms with Gasteiger partial charge in [-0.25, -0.2) is 0 Å². The van der Waals surface area contributed by atoms with Crippen LogP contribution in [0.15, 0.2) is 48.5 Å². The van der Waals surface area contributed by atoms with E-state index in [0.29, 0.717) is 6.61 Å². The smallest absolute Gasteiger partial charge is 0.125 e. The van der Waals surface area contributed by atoms with Crippen LogP contribution in [0.2, 0.25) is 0 Å². The summed E-state index contributed by atoms with van der Waals surface area (Å²) in [5.41, 5.74) is 3.15. The second kappa shape index (κ2) is 6.31. The number of benzene rings is 2. The number of hydrogen-bond donors (Lipinski definition) is 1. The number of ether oxygens (including phenoxy) is 1. The summed E-state index contributed by atoms with van der Waals surface area (Å²) in [7, 11) is 0. The van der Waals surface area contributed by atoms with Crippen LogP contribution >= 0.6 is 0 Å². The zero-order valence-electron chi connectivity index (χ0n) is 12.5. The van der Waals surface area contributed by atoms with E-state index < -0.39 is 6.10 Å². The molecular weight excluding hydrogens is 260 g/mol. The molecule has 0 heterocycles. The Hall–Kier alpha value is -1.80. The maximum atomic E-state index is 10.6. The molecule has 1 aliphatic rings. The highest BCUT2D eigenvalue weighted by atomic mass is 16.5. The molecule has 0 spiro atoms. The Bertz CT molecular complexity index is 585. The summed E-state index contributed by atoms with van der Waals surface area (Å²) in [6.45, 7) is 2.56.